The van der Waals surface area contributed by atoms with Crippen molar-refractivity contribution in [2.45, 2.75) is 63.0 Å². The molecule has 9 heteroatoms. The molecule has 2 saturated carbocycles. The standard InChI is InChI=1S/C19H22F2N6O/c20-19(21)6-4-13(5-7-19)27-17-15(10-23-27)18(28)25-16(24-17)14-3-2-12(14)11-26-9-1-8-22-26/h1,8-10,12-14H,2-7,11H2,(H,24,25,28). The van der Waals surface area contributed by atoms with Gasteiger partial charge >= 0.3 is 0 Å². The molecular weight excluding hydrogens is 366 g/mol. The van der Waals surface area contributed by atoms with Crippen LogP contribution in [0.3, 0.4) is 0 Å². The molecule has 2 aliphatic carbocycles. The zero-order valence-electron chi connectivity index (χ0n) is 15.4. The van der Waals surface area contributed by atoms with Gasteiger partial charge in [-0.25, -0.2) is 18.4 Å². The molecule has 0 aromatic carbocycles. The number of alkyl halides is 2. The molecule has 5 rings (SSSR count). The maximum Gasteiger partial charge on any atom is 0.262 e. The highest BCUT2D eigenvalue weighted by Crippen LogP contribution is 2.42. The van der Waals surface area contributed by atoms with E-state index in [1.54, 1.807) is 10.9 Å². The molecule has 2 aliphatic rings. The Balaban J connectivity index is 1.44. The second-order valence-corrected chi connectivity index (χ2v) is 8.04. The van der Waals surface area contributed by atoms with E-state index >= 15 is 0 Å². The van der Waals surface area contributed by atoms with Crippen LogP contribution in [0.15, 0.2) is 29.5 Å². The van der Waals surface area contributed by atoms with E-state index in [-0.39, 0.29) is 30.4 Å². The van der Waals surface area contributed by atoms with Crippen molar-refractivity contribution in [3.8, 4) is 0 Å². The van der Waals surface area contributed by atoms with Gasteiger partial charge in [-0.05, 0) is 37.7 Å². The average Bonchev–Trinajstić information content (AvgIpc) is 3.29. The number of aromatic amines is 1. The van der Waals surface area contributed by atoms with Crippen LogP contribution >= 0.6 is 0 Å². The van der Waals surface area contributed by atoms with Gasteiger partial charge in [0.2, 0.25) is 5.92 Å². The Bertz CT molecular complexity index is 1030. The highest BCUT2D eigenvalue weighted by molar-refractivity contribution is 5.73. The van der Waals surface area contributed by atoms with Gasteiger partial charge in [0.1, 0.15) is 11.2 Å². The summed E-state index contributed by atoms with van der Waals surface area (Å²) in [7, 11) is 0. The third-order valence-corrected chi connectivity index (χ3v) is 6.26. The fourth-order valence-electron chi connectivity index (χ4n) is 4.46. The Morgan fingerprint density at radius 1 is 1.18 bits per heavy atom. The third kappa shape index (κ3) is 3.02. The number of nitrogens with zero attached hydrogens (tertiary/aromatic N) is 5. The molecule has 0 radical (unpaired) electrons. The smallest absolute Gasteiger partial charge is 0.262 e. The van der Waals surface area contributed by atoms with Crippen LogP contribution in [0.5, 0.6) is 0 Å². The molecule has 148 valence electrons. The molecule has 0 aliphatic heterocycles. The first-order chi connectivity index (χ1) is 13.5. The van der Waals surface area contributed by atoms with E-state index < -0.39 is 5.92 Å². The lowest BCUT2D eigenvalue weighted by atomic mass is 9.73. The average molecular weight is 388 g/mol. The lowest BCUT2D eigenvalue weighted by Gasteiger charge is -2.35. The fraction of sp³-hybridized carbons (Fsp3) is 0.579. The van der Waals surface area contributed by atoms with Gasteiger partial charge in [0.25, 0.3) is 5.56 Å². The van der Waals surface area contributed by atoms with Crippen LogP contribution in [-0.4, -0.2) is 35.5 Å². The number of rotatable bonds is 4. The lowest BCUT2D eigenvalue weighted by molar-refractivity contribution is -0.0446. The first kappa shape index (κ1) is 17.5. The topological polar surface area (TPSA) is 81.4 Å². The zero-order chi connectivity index (χ0) is 19.3. The van der Waals surface area contributed by atoms with Gasteiger partial charge in [0, 0.05) is 37.7 Å². The normalized spacial score (nSPS) is 25.1. The molecule has 0 saturated heterocycles. The van der Waals surface area contributed by atoms with Crippen molar-refractivity contribution in [1.82, 2.24) is 29.5 Å². The van der Waals surface area contributed by atoms with Crippen LogP contribution in [0.1, 0.15) is 56.3 Å². The Kier molecular flexibility index (Phi) is 4.06. The zero-order valence-corrected chi connectivity index (χ0v) is 15.4. The van der Waals surface area contributed by atoms with E-state index in [9.17, 15) is 13.6 Å². The minimum Gasteiger partial charge on any atom is -0.310 e. The van der Waals surface area contributed by atoms with Crippen LogP contribution in [0.4, 0.5) is 8.78 Å². The number of H-pyrrole nitrogens is 1. The van der Waals surface area contributed by atoms with E-state index in [0.717, 1.165) is 19.4 Å². The summed E-state index contributed by atoms with van der Waals surface area (Å²) in [6, 6.07) is 1.76. The molecule has 7 nitrogen and oxygen atoms in total. The van der Waals surface area contributed by atoms with Crippen molar-refractivity contribution in [3.05, 3.63) is 40.8 Å². The highest BCUT2D eigenvalue weighted by Gasteiger charge is 2.37. The van der Waals surface area contributed by atoms with Crippen LogP contribution in [-0.2, 0) is 6.54 Å². The summed E-state index contributed by atoms with van der Waals surface area (Å²) in [6.45, 7) is 0.788. The largest absolute Gasteiger partial charge is 0.310 e. The maximum atomic E-state index is 13.5. The molecule has 1 N–H and O–H groups in total. The Morgan fingerprint density at radius 3 is 2.68 bits per heavy atom. The van der Waals surface area contributed by atoms with Gasteiger partial charge in [-0.3, -0.25) is 9.48 Å². The van der Waals surface area contributed by atoms with Crippen LogP contribution in [0.2, 0.25) is 0 Å². The third-order valence-electron chi connectivity index (χ3n) is 6.26. The molecular formula is C19H22F2N6O. The molecule has 28 heavy (non-hydrogen) atoms. The van der Waals surface area contributed by atoms with Crippen LogP contribution in [0.25, 0.3) is 11.0 Å². The minimum absolute atomic E-state index is 0.138. The highest BCUT2D eigenvalue weighted by atomic mass is 19.3. The maximum absolute atomic E-state index is 13.5. The molecule has 3 aromatic heterocycles. The van der Waals surface area contributed by atoms with E-state index in [2.05, 4.69) is 15.2 Å². The summed E-state index contributed by atoms with van der Waals surface area (Å²) in [6.07, 6.45) is 7.60. The number of nitrogens with one attached hydrogen (secondary N) is 1. The predicted molar refractivity (Wildman–Crippen MR) is 98.3 cm³/mol. The van der Waals surface area contributed by atoms with E-state index in [1.165, 1.54) is 6.20 Å². The van der Waals surface area contributed by atoms with E-state index in [1.807, 2.05) is 16.9 Å². The number of halogens is 2. The SMILES string of the molecule is O=c1[nH]c(C2CCC2Cn2cccn2)nc2c1cnn2C1CCC(F)(F)CC1. The molecule has 0 spiro atoms. The van der Waals surface area contributed by atoms with Gasteiger partial charge in [-0.1, -0.05) is 0 Å². The predicted octanol–water partition coefficient (Wildman–Crippen LogP) is 3.26. The summed E-state index contributed by atoms with van der Waals surface area (Å²) < 4.78 is 30.6. The first-order valence-electron chi connectivity index (χ1n) is 9.83. The first-order valence-corrected chi connectivity index (χ1v) is 9.83. The monoisotopic (exact) mass is 388 g/mol. The molecule has 0 bridgehead atoms. The van der Waals surface area contributed by atoms with Crippen molar-refractivity contribution in [3.63, 3.8) is 0 Å². The summed E-state index contributed by atoms with van der Waals surface area (Å²) >= 11 is 0. The number of hydrogen-bond acceptors (Lipinski definition) is 4. The summed E-state index contributed by atoms with van der Waals surface area (Å²) in [5.41, 5.74) is 0.302. The summed E-state index contributed by atoms with van der Waals surface area (Å²) in [4.78, 5) is 20.2. The Labute approximate surface area is 159 Å². The summed E-state index contributed by atoms with van der Waals surface area (Å²) in [5.74, 6) is -1.39. The van der Waals surface area contributed by atoms with E-state index in [4.69, 9.17) is 4.98 Å². The van der Waals surface area contributed by atoms with Crippen molar-refractivity contribution in [2.24, 2.45) is 5.92 Å². The second-order valence-electron chi connectivity index (χ2n) is 8.04. The van der Waals surface area contributed by atoms with Gasteiger partial charge in [-0.15, -0.1) is 0 Å². The molecule has 2 unspecified atom stereocenters. The Morgan fingerprint density at radius 2 is 2.00 bits per heavy atom. The molecule has 3 heterocycles. The van der Waals surface area contributed by atoms with E-state index in [0.29, 0.717) is 35.6 Å². The second kappa shape index (κ2) is 6.49. The van der Waals surface area contributed by atoms with Gasteiger partial charge in [0.15, 0.2) is 5.65 Å². The Hall–Kier alpha value is -2.58. The lowest BCUT2D eigenvalue weighted by Crippen LogP contribution is -2.31. The fourth-order valence-corrected chi connectivity index (χ4v) is 4.46. The van der Waals surface area contributed by atoms with Gasteiger partial charge in [-0.2, -0.15) is 10.2 Å². The molecule has 0 amide bonds. The number of aromatic nitrogens is 6. The minimum atomic E-state index is -2.60. The van der Waals surface area contributed by atoms with Gasteiger partial charge in [0.05, 0.1) is 12.2 Å². The van der Waals surface area contributed by atoms with Crippen molar-refractivity contribution < 1.29 is 8.78 Å². The van der Waals surface area contributed by atoms with Crippen LogP contribution < -0.4 is 5.56 Å². The molecule has 2 fully saturated rings. The molecule has 3 aromatic rings. The summed E-state index contributed by atoms with van der Waals surface area (Å²) in [5, 5.41) is 9.01. The number of hydrogen-bond donors (Lipinski definition) is 1. The quantitative estimate of drug-likeness (QED) is 0.744. The molecule has 2 atom stereocenters. The van der Waals surface area contributed by atoms with Crippen molar-refractivity contribution >= 4 is 11.0 Å². The van der Waals surface area contributed by atoms with Crippen molar-refractivity contribution in [1.29, 1.82) is 0 Å². The van der Waals surface area contributed by atoms with Crippen LogP contribution in [0, 0.1) is 5.92 Å². The number of fused-ring (bicyclic) bond motifs is 1. The van der Waals surface area contributed by atoms with Gasteiger partial charge < -0.3 is 4.98 Å². The van der Waals surface area contributed by atoms with Crippen molar-refractivity contribution in [2.75, 3.05) is 0 Å².